The molecule has 5 rings (SSSR count). The van der Waals surface area contributed by atoms with E-state index in [1.54, 1.807) is 0 Å². The van der Waals surface area contributed by atoms with Crippen molar-refractivity contribution in [3.8, 4) is 5.75 Å². The summed E-state index contributed by atoms with van der Waals surface area (Å²) < 4.78 is 6.39. The van der Waals surface area contributed by atoms with Gasteiger partial charge in [0, 0.05) is 17.5 Å². The van der Waals surface area contributed by atoms with Crippen LogP contribution in [0.15, 0.2) is 84.9 Å². The minimum atomic E-state index is -0.882. The maximum Gasteiger partial charge on any atom is 0.335 e. The van der Waals surface area contributed by atoms with Crippen LogP contribution in [0.5, 0.6) is 5.75 Å². The second-order valence-corrected chi connectivity index (χ2v) is 9.48. The molecule has 36 heavy (non-hydrogen) atoms. The summed E-state index contributed by atoms with van der Waals surface area (Å²) in [6, 6.07) is 29.1. The van der Waals surface area contributed by atoms with E-state index in [0.717, 1.165) is 41.8 Å². The number of para-hydroxylation sites is 1. The molecule has 4 aromatic rings. The molecule has 0 saturated carbocycles. The fraction of sp³-hybridized carbons (Fsp3) is 0.258. The van der Waals surface area contributed by atoms with Crippen molar-refractivity contribution in [1.29, 1.82) is 0 Å². The Kier molecular flexibility index (Phi) is 7.97. The van der Waals surface area contributed by atoms with Gasteiger partial charge < -0.3 is 15.2 Å². The number of ether oxygens (including phenoxy) is 1. The average Bonchev–Trinajstić information content (AvgIpc) is 2.88. The molecule has 0 unspecified atom stereocenters. The fourth-order valence-corrected chi connectivity index (χ4v) is 5.27. The van der Waals surface area contributed by atoms with E-state index >= 15 is 0 Å². The van der Waals surface area contributed by atoms with Crippen molar-refractivity contribution < 1.29 is 14.6 Å². The Bertz CT molecular complexity index is 1360. The molecule has 186 valence electrons. The van der Waals surface area contributed by atoms with E-state index < -0.39 is 5.97 Å². The third-order valence-electron chi connectivity index (χ3n) is 7.19. The molecule has 0 aliphatic carbocycles. The van der Waals surface area contributed by atoms with Gasteiger partial charge in [0.1, 0.15) is 11.9 Å². The summed E-state index contributed by atoms with van der Waals surface area (Å²) in [6.07, 6.45) is 1.75. The lowest BCUT2D eigenvalue weighted by Gasteiger charge is -2.33. The normalized spacial score (nSPS) is 17.5. The van der Waals surface area contributed by atoms with Gasteiger partial charge in [0.05, 0.1) is 5.56 Å². The van der Waals surface area contributed by atoms with Crippen LogP contribution in [0.3, 0.4) is 0 Å². The molecular formula is C31H32ClNO3. The third-order valence-corrected chi connectivity index (χ3v) is 7.19. The first-order valence-electron chi connectivity index (χ1n) is 12.3. The number of rotatable bonds is 7. The van der Waals surface area contributed by atoms with Gasteiger partial charge in [0.15, 0.2) is 0 Å². The number of aryl methyl sites for hydroxylation is 1. The molecular weight excluding hydrogens is 470 g/mol. The van der Waals surface area contributed by atoms with Crippen molar-refractivity contribution in [2.24, 2.45) is 0 Å². The van der Waals surface area contributed by atoms with E-state index in [9.17, 15) is 9.90 Å². The number of halogens is 1. The third kappa shape index (κ3) is 5.25. The van der Waals surface area contributed by atoms with E-state index in [4.69, 9.17) is 4.74 Å². The highest BCUT2D eigenvalue weighted by Gasteiger charge is 2.29. The van der Waals surface area contributed by atoms with Gasteiger partial charge in [0.25, 0.3) is 0 Å². The summed E-state index contributed by atoms with van der Waals surface area (Å²) in [6.45, 7) is 4.89. The molecule has 4 aromatic carbocycles. The van der Waals surface area contributed by atoms with Gasteiger partial charge in [0.2, 0.25) is 0 Å². The van der Waals surface area contributed by atoms with E-state index in [1.807, 2.05) is 37.3 Å². The van der Waals surface area contributed by atoms with Gasteiger partial charge in [-0.1, -0.05) is 72.8 Å². The highest BCUT2D eigenvalue weighted by molar-refractivity contribution is 5.89. The van der Waals surface area contributed by atoms with Crippen molar-refractivity contribution in [2.75, 3.05) is 6.54 Å². The summed E-state index contributed by atoms with van der Waals surface area (Å²) in [5.41, 5.74) is 4.61. The number of aromatic carboxylic acids is 1. The lowest BCUT2D eigenvalue weighted by molar-refractivity contribution is 0.0696. The summed E-state index contributed by atoms with van der Waals surface area (Å²) in [4.78, 5) is 11.7. The van der Waals surface area contributed by atoms with Crippen LogP contribution in [0.2, 0.25) is 0 Å². The van der Waals surface area contributed by atoms with E-state index in [2.05, 4.69) is 66.8 Å². The maximum atomic E-state index is 11.7. The monoisotopic (exact) mass is 501 g/mol. The number of carboxylic acids is 1. The molecule has 0 amide bonds. The first-order valence-corrected chi connectivity index (χ1v) is 12.3. The molecule has 4 nitrogen and oxygen atoms in total. The van der Waals surface area contributed by atoms with Crippen molar-refractivity contribution in [1.82, 2.24) is 5.32 Å². The van der Waals surface area contributed by atoms with Crippen molar-refractivity contribution in [3.05, 3.63) is 113 Å². The molecule has 3 atom stereocenters. The first-order chi connectivity index (χ1) is 17.0. The Hall–Kier alpha value is -3.34. The predicted octanol–water partition coefficient (Wildman–Crippen LogP) is 7.29. The van der Waals surface area contributed by atoms with Crippen LogP contribution in [0.4, 0.5) is 0 Å². The van der Waals surface area contributed by atoms with E-state index in [0.29, 0.717) is 5.56 Å². The molecule has 1 aliphatic heterocycles. The van der Waals surface area contributed by atoms with E-state index in [-0.39, 0.29) is 30.5 Å². The highest BCUT2D eigenvalue weighted by atomic mass is 35.5. The lowest BCUT2D eigenvalue weighted by Crippen LogP contribution is -2.31. The minimum Gasteiger partial charge on any atom is -0.490 e. The smallest absolute Gasteiger partial charge is 0.335 e. The van der Waals surface area contributed by atoms with Gasteiger partial charge >= 0.3 is 5.97 Å². The summed E-state index contributed by atoms with van der Waals surface area (Å²) in [7, 11) is 0. The van der Waals surface area contributed by atoms with Crippen LogP contribution < -0.4 is 10.1 Å². The molecule has 1 heterocycles. The molecule has 5 heteroatoms. The average molecular weight is 502 g/mol. The first kappa shape index (κ1) is 25.7. The standard InChI is InChI=1S/C31H31NO3.ClH/c1-20-14-15-23(18-28(20)31(33)34)29-19-24(35-30-13-6-5-11-27(29)30)16-17-32-21(2)25-12-7-9-22-8-3-4-10-26(22)25;/h3-15,18,21,24,29,32H,16-17,19H2,1-2H3,(H,33,34);1H/t21-,24+,29+;/m1./s1. The van der Waals surface area contributed by atoms with Crippen LogP contribution in [0.25, 0.3) is 10.8 Å². The van der Waals surface area contributed by atoms with Crippen LogP contribution >= 0.6 is 12.4 Å². The van der Waals surface area contributed by atoms with Crippen LogP contribution in [-0.2, 0) is 0 Å². The zero-order valence-electron chi connectivity index (χ0n) is 20.6. The van der Waals surface area contributed by atoms with Crippen LogP contribution in [0.1, 0.15) is 64.3 Å². The second kappa shape index (κ2) is 11.2. The van der Waals surface area contributed by atoms with Crippen molar-refractivity contribution in [2.45, 2.75) is 44.8 Å². The second-order valence-electron chi connectivity index (χ2n) is 9.48. The summed E-state index contributed by atoms with van der Waals surface area (Å²) in [5.74, 6) is 0.125. The van der Waals surface area contributed by atoms with E-state index in [1.165, 1.54) is 16.3 Å². The van der Waals surface area contributed by atoms with Gasteiger partial charge in [-0.15, -0.1) is 12.4 Å². The molecule has 0 radical (unpaired) electrons. The lowest BCUT2D eigenvalue weighted by atomic mass is 9.82. The van der Waals surface area contributed by atoms with Crippen LogP contribution in [0, 0.1) is 6.92 Å². The molecule has 1 aliphatic rings. The van der Waals surface area contributed by atoms with Gasteiger partial charge in [-0.3, -0.25) is 0 Å². The number of hydrogen-bond acceptors (Lipinski definition) is 3. The Morgan fingerprint density at radius 3 is 2.61 bits per heavy atom. The number of carboxylic acid groups (broad SMARTS) is 1. The number of nitrogens with one attached hydrogen (secondary N) is 1. The maximum absolute atomic E-state index is 11.7. The Balaban J connectivity index is 0.00000304. The molecule has 0 fully saturated rings. The number of fused-ring (bicyclic) bond motifs is 2. The van der Waals surface area contributed by atoms with Crippen LogP contribution in [-0.4, -0.2) is 23.7 Å². The molecule has 0 spiro atoms. The quantitative estimate of drug-likeness (QED) is 0.279. The van der Waals surface area contributed by atoms with Gasteiger partial charge in [-0.2, -0.15) is 0 Å². The number of hydrogen-bond donors (Lipinski definition) is 2. The van der Waals surface area contributed by atoms with Crippen molar-refractivity contribution in [3.63, 3.8) is 0 Å². The molecule has 0 bridgehead atoms. The molecule has 0 aromatic heterocycles. The highest BCUT2D eigenvalue weighted by Crippen LogP contribution is 2.41. The topological polar surface area (TPSA) is 58.6 Å². The number of carbonyl (C=O) groups is 1. The number of benzene rings is 4. The zero-order chi connectivity index (χ0) is 24.4. The largest absolute Gasteiger partial charge is 0.490 e. The Morgan fingerprint density at radius 2 is 1.78 bits per heavy atom. The van der Waals surface area contributed by atoms with Gasteiger partial charge in [-0.25, -0.2) is 4.79 Å². The van der Waals surface area contributed by atoms with Crippen molar-refractivity contribution >= 4 is 29.1 Å². The van der Waals surface area contributed by atoms with Gasteiger partial charge in [-0.05, 0) is 72.8 Å². The zero-order valence-corrected chi connectivity index (χ0v) is 21.4. The molecule has 2 N–H and O–H groups in total. The summed E-state index contributed by atoms with van der Waals surface area (Å²) >= 11 is 0. The summed E-state index contributed by atoms with van der Waals surface area (Å²) in [5, 5.41) is 15.9. The Morgan fingerprint density at radius 1 is 1.03 bits per heavy atom. The fourth-order valence-electron chi connectivity index (χ4n) is 5.27. The predicted molar refractivity (Wildman–Crippen MR) is 148 cm³/mol. The molecule has 0 saturated heterocycles. The minimum absolute atomic E-state index is 0. The SMILES string of the molecule is Cc1ccc([C@@H]2C[C@H](CCN[C@H](C)c3cccc4ccccc34)Oc3ccccc32)cc1C(=O)O.Cl. The Labute approximate surface area is 218 Å².